The molecular weight excluding hydrogens is 478 g/mol. The van der Waals surface area contributed by atoms with E-state index in [9.17, 15) is 14.4 Å². The van der Waals surface area contributed by atoms with Gasteiger partial charge in [-0.15, -0.1) is 10.2 Å². The van der Waals surface area contributed by atoms with Gasteiger partial charge in [-0.05, 0) is 24.3 Å². The number of amides is 1. The van der Waals surface area contributed by atoms with E-state index >= 15 is 0 Å². The van der Waals surface area contributed by atoms with Crippen LogP contribution in [0.4, 0.5) is 5.69 Å². The Morgan fingerprint density at radius 3 is 2.19 bits per heavy atom. The molecule has 1 aliphatic heterocycles. The zero-order chi connectivity index (χ0) is 24.9. The van der Waals surface area contributed by atoms with Crippen molar-refractivity contribution in [1.82, 2.24) is 29.6 Å². The van der Waals surface area contributed by atoms with Crippen molar-refractivity contribution in [1.29, 1.82) is 0 Å². The van der Waals surface area contributed by atoms with E-state index in [-0.39, 0.29) is 18.1 Å². The molecule has 1 amide bonds. The molecule has 11 heteroatoms. The van der Waals surface area contributed by atoms with Crippen molar-refractivity contribution in [2.24, 2.45) is 0 Å². The van der Waals surface area contributed by atoms with Crippen molar-refractivity contribution < 1.29 is 4.79 Å². The molecule has 0 atom stereocenters. The first-order chi connectivity index (χ1) is 17.6. The molecular formula is C25H25N7O3S. The van der Waals surface area contributed by atoms with Gasteiger partial charge < -0.3 is 14.8 Å². The third-order valence-electron chi connectivity index (χ3n) is 5.96. The Labute approximate surface area is 211 Å². The summed E-state index contributed by atoms with van der Waals surface area (Å²) in [6.45, 7) is 2.92. The maximum atomic E-state index is 13.0. The number of nitrogens with zero attached hydrogens (tertiary/aromatic N) is 5. The Morgan fingerprint density at radius 1 is 0.861 bits per heavy atom. The van der Waals surface area contributed by atoms with Gasteiger partial charge in [0.2, 0.25) is 5.91 Å². The van der Waals surface area contributed by atoms with Crippen LogP contribution in [-0.4, -0.2) is 67.5 Å². The average Bonchev–Trinajstić information content (AvgIpc) is 3.30. The molecule has 5 rings (SSSR count). The Morgan fingerprint density at radius 2 is 1.53 bits per heavy atom. The number of thioether (sulfide) groups is 1. The summed E-state index contributed by atoms with van der Waals surface area (Å²) < 4.78 is 1.85. The van der Waals surface area contributed by atoms with Crippen molar-refractivity contribution >= 4 is 23.4 Å². The van der Waals surface area contributed by atoms with Crippen molar-refractivity contribution in [3.05, 3.63) is 99.1 Å². The molecule has 1 saturated heterocycles. The number of aromatic nitrogens is 5. The van der Waals surface area contributed by atoms with Gasteiger partial charge in [-0.2, -0.15) is 0 Å². The summed E-state index contributed by atoms with van der Waals surface area (Å²) in [7, 11) is 0. The molecule has 0 aliphatic carbocycles. The lowest BCUT2D eigenvalue weighted by molar-refractivity contribution is -0.128. The number of anilines is 1. The van der Waals surface area contributed by atoms with Crippen LogP contribution in [0.25, 0.3) is 5.69 Å². The Bertz CT molecular complexity index is 1410. The highest BCUT2D eigenvalue weighted by Gasteiger charge is 2.23. The summed E-state index contributed by atoms with van der Waals surface area (Å²) in [6.07, 6.45) is 0.205. The lowest BCUT2D eigenvalue weighted by Crippen LogP contribution is -2.49. The van der Waals surface area contributed by atoms with Crippen molar-refractivity contribution in [3.8, 4) is 5.69 Å². The number of benzene rings is 2. The van der Waals surface area contributed by atoms with Crippen LogP contribution in [0.5, 0.6) is 0 Å². The second-order valence-corrected chi connectivity index (χ2v) is 9.29. The van der Waals surface area contributed by atoms with Crippen LogP contribution in [0.3, 0.4) is 0 Å². The van der Waals surface area contributed by atoms with E-state index in [1.807, 2.05) is 58.0 Å². The van der Waals surface area contributed by atoms with Gasteiger partial charge in [0.25, 0.3) is 5.56 Å². The number of rotatable bonds is 7. The number of aromatic amines is 2. The fourth-order valence-electron chi connectivity index (χ4n) is 4.20. The number of hydrogen-bond donors (Lipinski definition) is 2. The summed E-state index contributed by atoms with van der Waals surface area (Å²) in [5.41, 5.74) is 1.38. The van der Waals surface area contributed by atoms with Crippen LogP contribution in [0.15, 0.2) is 81.5 Å². The van der Waals surface area contributed by atoms with E-state index < -0.39 is 11.2 Å². The van der Waals surface area contributed by atoms with Crippen LogP contribution in [0.2, 0.25) is 0 Å². The molecule has 0 spiro atoms. The quantitative estimate of drug-likeness (QED) is 0.368. The molecule has 10 nitrogen and oxygen atoms in total. The zero-order valence-electron chi connectivity index (χ0n) is 19.5. The Hall–Kier alpha value is -4.12. The van der Waals surface area contributed by atoms with Gasteiger partial charge in [0.15, 0.2) is 5.16 Å². The summed E-state index contributed by atoms with van der Waals surface area (Å²) >= 11 is 1.32. The topological polar surface area (TPSA) is 120 Å². The summed E-state index contributed by atoms with van der Waals surface area (Å²) in [6, 6.07) is 21.1. The van der Waals surface area contributed by atoms with Crippen molar-refractivity contribution in [2.75, 3.05) is 36.8 Å². The highest BCUT2D eigenvalue weighted by molar-refractivity contribution is 7.99. The molecule has 36 heavy (non-hydrogen) atoms. The first-order valence-electron chi connectivity index (χ1n) is 11.6. The van der Waals surface area contributed by atoms with Gasteiger partial charge in [0, 0.05) is 55.7 Å². The number of nitrogens with one attached hydrogen (secondary N) is 2. The van der Waals surface area contributed by atoms with E-state index in [1.54, 1.807) is 0 Å². The number of para-hydroxylation sites is 2. The minimum Gasteiger partial charge on any atom is -0.368 e. The van der Waals surface area contributed by atoms with Gasteiger partial charge in [0.1, 0.15) is 5.82 Å². The fourth-order valence-corrected chi connectivity index (χ4v) is 5.07. The third kappa shape index (κ3) is 5.41. The van der Waals surface area contributed by atoms with E-state index in [0.29, 0.717) is 29.8 Å². The second kappa shape index (κ2) is 10.6. The number of H-pyrrole nitrogens is 2. The molecule has 4 aromatic rings. The molecule has 0 saturated carbocycles. The highest BCUT2D eigenvalue weighted by Crippen LogP contribution is 2.24. The van der Waals surface area contributed by atoms with E-state index in [0.717, 1.165) is 18.8 Å². The molecule has 0 bridgehead atoms. The van der Waals surface area contributed by atoms with Crippen LogP contribution in [0, 0.1) is 0 Å². The normalized spacial score (nSPS) is 13.7. The van der Waals surface area contributed by atoms with Gasteiger partial charge in [-0.3, -0.25) is 19.1 Å². The van der Waals surface area contributed by atoms with Gasteiger partial charge in [0.05, 0.1) is 5.75 Å². The number of hydrogen-bond acceptors (Lipinski definition) is 7. The largest absolute Gasteiger partial charge is 0.368 e. The lowest BCUT2D eigenvalue weighted by atomic mass is 10.2. The summed E-state index contributed by atoms with van der Waals surface area (Å²) in [5.74, 6) is 0.836. The second-order valence-electron chi connectivity index (χ2n) is 8.35. The number of piperazine rings is 1. The Balaban J connectivity index is 1.29. The van der Waals surface area contributed by atoms with Crippen LogP contribution < -0.4 is 16.1 Å². The van der Waals surface area contributed by atoms with Gasteiger partial charge >= 0.3 is 5.69 Å². The zero-order valence-corrected chi connectivity index (χ0v) is 20.3. The molecule has 3 heterocycles. The standard InChI is InChI=1S/C25H25N7O3S/c33-22-16-18(26-24(35)27-22)15-21-28-29-25(32(21)20-9-5-2-6-10-20)36-17-23(34)31-13-11-30(12-14-31)19-7-3-1-4-8-19/h1-10,16H,11-15,17H2,(H2,26,27,33,35). The van der Waals surface area contributed by atoms with Crippen LogP contribution >= 0.6 is 11.8 Å². The Kier molecular flexibility index (Phi) is 6.99. The highest BCUT2D eigenvalue weighted by atomic mass is 32.2. The van der Waals surface area contributed by atoms with Gasteiger partial charge in [-0.25, -0.2) is 4.79 Å². The lowest BCUT2D eigenvalue weighted by Gasteiger charge is -2.36. The van der Waals surface area contributed by atoms with Gasteiger partial charge in [-0.1, -0.05) is 48.2 Å². The molecule has 184 valence electrons. The predicted molar refractivity (Wildman–Crippen MR) is 138 cm³/mol. The van der Waals surface area contributed by atoms with E-state index in [2.05, 4.69) is 37.2 Å². The maximum absolute atomic E-state index is 13.0. The minimum absolute atomic E-state index is 0.0517. The predicted octanol–water partition coefficient (Wildman–Crippen LogP) is 1.68. The van der Waals surface area contributed by atoms with Crippen LogP contribution in [-0.2, 0) is 11.2 Å². The van der Waals surface area contributed by atoms with Crippen molar-refractivity contribution in [2.45, 2.75) is 11.6 Å². The van der Waals surface area contributed by atoms with Crippen LogP contribution in [0.1, 0.15) is 11.5 Å². The molecule has 2 aromatic carbocycles. The summed E-state index contributed by atoms with van der Waals surface area (Å²) in [5, 5.41) is 9.20. The van der Waals surface area contributed by atoms with Crippen molar-refractivity contribution in [3.63, 3.8) is 0 Å². The molecule has 2 N–H and O–H groups in total. The van der Waals surface area contributed by atoms with E-state index in [1.165, 1.54) is 23.5 Å². The third-order valence-corrected chi connectivity index (χ3v) is 6.87. The first kappa shape index (κ1) is 23.6. The van der Waals surface area contributed by atoms with E-state index in [4.69, 9.17) is 0 Å². The first-order valence-corrected chi connectivity index (χ1v) is 12.6. The molecule has 0 unspecified atom stereocenters. The minimum atomic E-state index is -0.573. The smallest absolute Gasteiger partial charge is 0.325 e. The molecule has 2 aromatic heterocycles. The maximum Gasteiger partial charge on any atom is 0.325 e. The summed E-state index contributed by atoms with van der Waals surface area (Å²) in [4.78, 5) is 45.4. The molecule has 1 fully saturated rings. The number of carbonyl (C=O) groups excluding carboxylic acids is 1. The molecule has 0 radical (unpaired) electrons. The number of carbonyl (C=O) groups is 1. The average molecular weight is 504 g/mol. The fraction of sp³-hybridized carbons (Fsp3) is 0.240. The SMILES string of the molecule is O=C(CSc1nnc(Cc2cc(=O)[nH]c(=O)[nH]2)n1-c1ccccc1)N1CCN(c2ccccc2)CC1. The molecule has 1 aliphatic rings. The monoisotopic (exact) mass is 503 g/mol.